The quantitative estimate of drug-likeness (QED) is 0.613. The zero-order valence-electron chi connectivity index (χ0n) is 18.7. The van der Waals surface area contributed by atoms with E-state index in [1.54, 1.807) is 41.3 Å². The Morgan fingerprint density at radius 3 is 2.16 bits per heavy atom. The second-order valence-corrected chi connectivity index (χ2v) is 9.96. The molecule has 172 valence electrons. The highest BCUT2D eigenvalue weighted by Crippen LogP contribution is 2.46. The van der Waals surface area contributed by atoms with E-state index in [-0.39, 0.29) is 11.8 Å². The van der Waals surface area contributed by atoms with Gasteiger partial charge in [-0.3, -0.25) is 9.59 Å². The third kappa shape index (κ3) is 5.11. The maximum absolute atomic E-state index is 13.4. The summed E-state index contributed by atoms with van der Waals surface area (Å²) in [5.41, 5.74) is -0.424. The first-order valence-electron chi connectivity index (χ1n) is 10.9. The largest absolute Gasteiger partial charge is 0.384 e. The van der Waals surface area contributed by atoms with Crippen LogP contribution < -0.4 is 5.32 Å². The fourth-order valence-corrected chi connectivity index (χ4v) is 4.63. The number of carbonyl (C=O) groups is 2. The van der Waals surface area contributed by atoms with Crippen LogP contribution in [-0.4, -0.2) is 41.0 Å². The lowest BCUT2D eigenvalue weighted by atomic mass is 9.66. The highest BCUT2D eigenvalue weighted by molar-refractivity contribution is 6.30. The SMILES string of the molecule is CCC[C@@H](NC(=O)c1ccc(Cl)cc1)C(=O)N1CC[C@](O)(c2ccc(Cl)cc2)C(C)(C)C1. The van der Waals surface area contributed by atoms with Crippen molar-refractivity contribution < 1.29 is 14.7 Å². The standard InChI is InChI=1S/C25H30Cl2N2O3/c1-4-5-21(28-22(30)17-6-10-19(26)11-7-17)23(31)29-15-14-25(32,24(2,3)16-29)18-8-12-20(27)13-9-18/h6-13,21,32H,4-5,14-16H2,1-3H3,(H,28,30)/t21-,25+/m1/s1. The van der Waals surface area contributed by atoms with Gasteiger partial charge in [0.2, 0.25) is 5.91 Å². The first kappa shape index (κ1) is 24.6. The predicted octanol–water partition coefficient (Wildman–Crippen LogP) is 5.04. The molecule has 0 bridgehead atoms. The number of piperidine rings is 1. The lowest BCUT2D eigenvalue weighted by molar-refractivity contribution is -0.154. The molecule has 1 heterocycles. The summed E-state index contributed by atoms with van der Waals surface area (Å²) in [7, 11) is 0. The minimum absolute atomic E-state index is 0.125. The molecular formula is C25H30Cl2N2O3. The number of carbonyl (C=O) groups excluding carboxylic acids is 2. The van der Waals surface area contributed by atoms with Gasteiger partial charge >= 0.3 is 0 Å². The van der Waals surface area contributed by atoms with E-state index in [0.717, 1.165) is 12.0 Å². The Kier molecular flexibility index (Phi) is 7.53. The van der Waals surface area contributed by atoms with Crippen LogP contribution in [0.5, 0.6) is 0 Å². The number of hydrogen-bond donors (Lipinski definition) is 2. The summed E-state index contributed by atoms with van der Waals surface area (Å²) in [5, 5.41) is 15.6. The molecule has 2 aromatic carbocycles. The van der Waals surface area contributed by atoms with Crippen LogP contribution >= 0.6 is 23.2 Å². The van der Waals surface area contributed by atoms with Gasteiger partial charge in [0.25, 0.3) is 5.91 Å². The fraction of sp³-hybridized carbons (Fsp3) is 0.440. The minimum atomic E-state index is -1.08. The molecule has 7 heteroatoms. The van der Waals surface area contributed by atoms with Crippen LogP contribution in [0.3, 0.4) is 0 Å². The van der Waals surface area contributed by atoms with Gasteiger partial charge in [0, 0.05) is 34.1 Å². The van der Waals surface area contributed by atoms with Crippen LogP contribution in [0.4, 0.5) is 0 Å². The number of halogens is 2. The highest BCUT2D eigenvalue weighted by Gasteiger charge is 2.50. The average molecular weight is 477 g/mol. The minimum Gasteiger partial charge on any atom is -0.384 e. The van der Waals surface area contributed by atoms with Gasteiger partial charge in [0.05, 0.1) is 5.60 Å². The van der Waals surface area contributed by atoms with Crippen molar-refractivity contribution in [2.24, 2.45) is 5.41 Å². The molecule has 1 fully saturated rings. The van der Waals surface area contributed by atoms with E-state index in [1.165, 1.54) is 0 Å². The van der Waals surface area contributed by atoms with Crippen LogP contribution in [0.1, 0.15) is 56.0 Å². The fourth-order valence-electron chi connectivity index (χ4n) is 4.38. The smallest absolute Gasteiger partial charge is 0.251 e. The van der Waals surface area contributed by atoms with Crippen LogP contribution in [0, 0.1) is 5.41 Å². The number of benzene rings is 2. The normalized spacial score (nSPS) is 21.1. The van der Waals surface area contributed by atoms with E-state index in [2.05, 4.69) is 5.32 Å². The topological polar surface area (TPSA) is 69.6 Å². The van der Waals surface area contributed by atoms with Crippen molar-refractivity contribution in [3.8, 4) is 0 Å². The first-order valence-corrected chi connectivity index (χ1v) is 11.7. The van der Waals surface area contributed by atoms with E-state index in [4.69, 9.17) is 23.2 Å². The molecule has 0 saturated carbocycles. The number of amides is 2. The van der Waals surface area contributed by atoms with Crippen molar-refractivity contribution in [2.45, 2.75) is 51.7 Å². The van der Waals surface area contributed by atoms with Gasteiger partial charge in [-0.05, 0) is 54.8 Å². The van der Waals surface area contributed by atoms with Gasteiger partial charge in [-0.15, -0.1) is 0 Å². The predicted molar refractivity (Wildman–Crippen MR) is 128 cm³/mol. The van der Waals surface area contributed by atoms with E-state index in [0.29, 0.717) is 41.5 Å². The summed E-state index contributed by atoms with van der Waals surface area (Å²) in [5.74, 6) is -0.428. The van der Waals surface area contributed by atoms with Crippen LogP contribution in [0.2, 0.25) is 10.0 Å². The van der Waals surface area contributed by atoms with Crippen molar-refractivity contribution in [3.05, 3.63) is 69.7 Å². The molecular weight excluding hydrogens is 447 g/mol. The van der Waals surface area contributed by atoms with Crippen LogP contribution in [0.15, 0.2) is 48.5 Å². The number of rotatable bonds is 6. The van der Waals surface area contributed by atoms with Gasteiger partial charge < -0.3 is 15.3 Å². The highest BCUT2D eigenvalue weighted by atomic mass is 35.5. The molecule has 2 atom stereocenters. The van der Waals surface area contributed by atoms with E-state index in [1.807, 2.05) is 32.9 Å². The van der Waals surface area contributed by atoms with Crippen LogP contribution in [0.25, 0.3) is 0 Å². The first-order chi connectivity index (χ1) is 15.1. The molecule has 0 aromatic heterocycles. The van der Waals surface area contributed by atoms with Gasteiger partial charge in [0.1, 0.15) is 6.04 Å². The summed E-state index contributed by atoms with van der Waals surface area (Å²) < 4.78 is 0. The van der Waals surface area contributed by atoms with Crippen molar-refractivity contribution in [3.63, 3.8) is 0 Å². The summed E-state index contributed by atoms with van der Waals surface area (Å²) in [6.45, 7) is 6.68. The van der Waals surface area contributed by atoms with Crippen molar-refractivity contribution in [1.29, 1.82) is 0 Å². The number of nitrogens with one attached hydrogen (secondary N) is 1. The maximum atomic E-state index is 13.4. The summed E-state index contributed by atoms with van der Waals surface area (Å²) >= 11 is 11.9. The molecule has 0 unspecified atom stereocenters. The summed E-state index contributed by atoms with van der Waals surface area (Å²) in [6.07, 6.45) is 1.69. The zero-order chi connectivity index (χ0) is 23.5. The summed E-state index contributed by atoms with van der Waals surface area (Å²) in [6, 6.07) is 13.2. The Morgan fingerprint density at radius 2 is 1.62 bits per heavy atom. The molecule has 32 heavy (non-hydrogen) atoms. The molecule has 0 spiro atoms. The third-order valence-corrected chi connectivity index (χ3v) is 6.87. The van der Waals surface area contributed by atoms with E-state index in [9.17, 15) is 14.7 Å². The second kappa shape index (κ2) is 9.82. The molecule has 2 amide bonds. The van der Waals surface area contributed by atoms with Gasteiger partial charge in [-0.2, -0.15) is 0 Å². The molecule has 2 N–H and O–H groups in total. The third-order valence-electron chi connectivity index (χ3n) is 6.37. The monoisotopic (exact) mass is 476 g/mol. The molecule has 5 nitrogen and oxygen atoms in total. The Balaban J connectivity index is 1.74. The van der Waals surface area contributed by atoms with Gasteiger partial charge in [0.15, 0.2) is 0 Å². The molecule has 3 rings (SSSR count). The molecule has 1 saturated heterocycles. The molecule has 1 aliphatic rings. The molecule has 0 aliphatic carbocycles. The van der Waals surface area contributed by atoms with E-state index >= 15 is 0 Å². The number of likely N-dealkylation sites (tertiary alicyclic amines) is 1. The Hall–Kier alpha value is -2.08. The Labute approximate surface area is 199 Å². The van der Waals surface area contributed by atoms with Gasteiger partial charge in [-0.1, -0.05) is 62.5 Å². The zero-order valence-corrected chi connectivity index (χ0v) is 20.2. The molecule has 1 aliphatic heterocycles. The van der Waals surface area contributed by atoms with Crippen molar-refractivity contribution >= 4 is 35.0 Å². The maximum Gasteiger partial charge on any atom is 0.251 e. The van der Waals surface area contributed by atoms with Gasteiger partial charge in [-0.25, -0.2) is 0 Å². The lowest BCUT2D eigenvalue weighted by Gasteiger charge is -2.51. The lowest BCUT2D eigenvalue weighted by Crippen LogP contribution is -2.59. The van der Waals surface area contributed by atoms with Crippen molar-refractivity contribution in [2.75, 3.05) is 13.1 Å². The van der Waals surface area contributed by atoms with E-state index < -0.39 is 17.1 Å². The molecule has 0 radical (unpaired) electrons. The molecule has 2 aromatic rings. The Bertz CT molecular complexity index is 960. The number of hydrogen-bond acceptors (Lipinski definition) is 3. The number of nitrogens with zero attached hydrogens (tertiary/aromatic N) is 1. The second-order valence-electron chi connectivity index (χ2n) is 9.08. The van der Waals surface area contributed by atoms with Crippen molar-refractivity contribution in [1.82, 2.24) is 10.2 Å². The average Bonchev–Trinajstić information content (AvgIpc) is 2.75. The number of aliphatic hydroxyl groups is 1. The Morgan fingerprint density at radius 1 is 1.06 bits per heavy atom. The van der Waals surface area contributed by atoms with Crippen LogP contribution in [-0.2, 0) is 10.4 Å². The summed E-state index contributed by atoms with van der Waals surface area (Å²) in [4.78, 5) is 27.8.